The first-order chi connectivity index (χ1) is 9.59. The predicted molar refractivity (Wildman–Crippen MR) is 77.3 cm³/mol. The number of piperidine rings is 1. The number of nitrogens with zero attached hydrogens (tertiary/aromatic N) is 1. The van der Waals surface area contributed by atoms with E-state index in [4.69, 9.17) is 10.8 Å². The molecule has 1 amide bonds. The van der Waals surface area contributed by atoms with Gasteiger partial charge in [0.25, 0.3) is 0 Å². The molecule has 5 nitrogen and oxygen atoms in total. The Morgan fingerprint density at radius 1 is 1.30 bits per heavy atom. The average Bonchev–Trinajstić information content (AvgIpc) is 2.45. The first-order valence-electron chi connectivity index (χ1n) is 6.65. The second kappa shape index (κ2) is 6.23. The van der Waals surface area contributed by atoms with Gasteiger partial charge in [-0.1, -0.05) is 18.2 Å². The number of aliphatic carboxylic acids is 1. The lowest BCUT2D eigenvalue weighted by Gasteiger charge is -2.36. The highest BCUT2D eigenvalue weighted by Crippen LogP contribution is 2.28. The molecule has 0 bridgehead atoms. The molecule has 0 radical (unpaired) electrons. The van der Waals surface area contributed by atoms with E-state index < -0.39 is 5.97 Å². The fourth-order valence-corrected chi connectivity index (χ4v) is 2.57. The standard InChI is InChI=1S/C15H18N2O3/c16-15(20)13-7-3-4-10-17(13)12-6-2-1-5-11(12)8-9-14(18)19/h1-2,5-6,8-9,13H,3-4,7,10H2,(H2,16,20)(H,18,19). The number of hydrogen-bond donors (Lipinski definition) is 2. The van der Waals surface area contributed by atoms with Crippen LogP contribution in [0.4, 0.5) is 5.69 Å². The lowest BCUT2D eigenvalue weighted by Crippen LogP contribution is -2.48. The van der Waals surface area contributed by atoms with Crippen molar-refractivity contribution in [1.82, 2.24) is 0 Å². The zero-order chi connectivity index (χ0) is 14.5. The Morgan fingerprint density at radius 2 is 2.05 bits per heavy atom. The number of anilines is 1. The van der Waals surface area contributed by atoms with Crippen LogP contribution in [0, 0.1) is 0 Å². The molecule has 1 unspecified atom stereocenters. The van der Waals surface area contributed by atoms with Gasteiger partial charge < -0.3 is 15.7 Å². The Kier molecular flexibility index (Phi) is 4.40. The summed E-state index contributed by atoms with van der Waals surface area (Å²) in [5.41, 5.74) is 7.11. The Hall–Kier alpha value is -2.30. The first-order valence-corrected chi connectivity index (χ1v) is 6.65. The van der Waals surface area contributed by atoms with Crippen LogP contribution in [0.1, 0.15) is 24.8 Å². The van der Waals surface area contributed by atoms with Gasteiger partial charge >= 0.3 is 5.97 Å². The van der Waals surface area contributed by atoms with E-state index in [1.807, 2.05) is 29.2 Å². The van der Waals surface area contributed by atoms with Gasteiger partial charge in [-0.25, -0.2) is 4.79 Å². The van der Waals surface area contributed by atoms with Gasteiger partial charge in [-0.15, -0.1) is 0 Å². The lowest BCUT2D eigenvalue weighted by atomic mass is 9.99. The summed E-state index contributed by atoms with van der Waals surface area (Å²) in [6, 6.07) is 7.13. The highest BCUT2D eigenvalue weighted by atomic mass is 16.4. The number of rotatable bonds is 4. The van der Waals surface area contributed by atoms with Gasteiger partial charge in [-0.3, -0.25) is 4.79 Å². The van der Waals surface area contributed by atoms with Crippen LogP contribution in [-0.2, 0) is 9.59 Å². The van der Waals surface area contributed by atoms with Crippen molar-refractivity contribution >= 4 is 23.6 Å². The average molecular weight is 274 g/mol. The van der Waals surface area contributed by atoms with Gasteiger partial charge in [0, 0.05) is 18.3 Å². The van der Waals surface area contributed by atoms with Crippen molar-refractivity contribution in [3.63, 3.8) is 0 Å². The third-order valence-corrected chi connectivity index (χ3v) is 3.48. The fourth-order valence-electron chi connectivity index (χ4n) is 2.57. The molecular formula is C15H18N2O3. The van der Waals surface area contributed by atoms with Crippen molar-refractivity contribution in [1.29, 1.82) is 0 Å². The van der Waals surface area contributed by atoms with Gasteiger partial charge in [0.1, 0.15) is 6.04 Å². The number of carboxylic acids is 1. The molecular weight excluding hydrogens is 256 g/mol. The molecule has 1 saturated heterocycles. The van der Waals surface area contributed by atoms with E-state index in [0.717, 1.165) is 43.1 Å². The summed E-state index contributed by atoms with van der Waals surface area (Å²) in [7, 11) is 0. The van der Waals surface area contributed by atoms with Crippen LogP contribution in [0.25, 0.3) is 6.08 Å². The smallest absolute Gasteiger partial charge is 0.328 e. The zero-order valence-corrected chi connectivity index (χ0v) is 11.2. The van der Waals surface area contributed by atoms with Crippen molar-refractivity contribution in [2.75, 3.05) is 11.4 Å². The maximum absolute atomic E-state index is 11.6. The number of carboxylic acid groups (broad SMARTS) is 1. The largest absolute Gasteiger partial charge is 0.478 e. The topological polar surface area (TPSA) is 83.6 Å². The SMILES string of the molecule is NC(=O)C1CCCCN1c1ccccc1C=CC(=O)O. The summed E-state index contributed by atoms with van der Waals surface area (Å²) in [6.07, 6.45) is 5.37. The van der Waals surface area contributed by atoms with Gasteiger partial charge in [0.15, 0.2) is 0 Å². The third-order valence-electron chi connectivity index (χ3n) is 3.48. The number of para-hydroxylation sites is 1. The lowest BCUT2D eigenvalue weighted by molar-refractivity contribution is -0.131. The van der Waals surface area contributed by atoms with Crippen LogP contribution in [0.5, 0.6) is 0 Å². The molecule has 3 N–H and O–H groups in total. The highest BCUT2D eigenvalue weighted by Gasteiger charge is 2.27. The molecule has 1 aromatic rings. The van der Waals surface area contributed by atoms with E-state index in [0.29, 0.717) is 0 Å². The van der Waals surface area contributed by atoms with E-state index in [-0.39, 0.29) is 11.9 Å². The normalized spacial score (nSPS) is 19.2. The molecule has 2 rings (SSSR count). The van der Waals surface area contributed by atoms with Crippen molar-refractivity contribution in [2.45, 2.75) is 25.3 Å². The molecule has 1 atom stereocenters. The number of primary amides is 1. The molecule has 0 aliphatic carbocycles. The van der Waals surface area contributed by atoms with Crippen LogP contribution >= 0.6 is 0 Å². The molecule has 1 aliphatic rings. The Bertz CT molecular complexity index is 540. The minimum atomic E-state index is -0.995. The van der Waals surface area contributed by atoms with Gasteiger partial charge in [0.2, 0.25) is 5.91 Å². The van der Waals surface area contributed by atoms with Crippen LogP contribution in [0.3, 0.4) is 0 Å². The van der Waals surface area contributed by atoms with E-state index in [9.17, 15) is 9.59 Å². The Labute approximate surface area is 117 Å². The first kappa shape index (κ1) is 14.1. The quantitative estimate of drug-likeness (QED) is 0.817. The minimum absolute atomic E-state index is 0.317. The summed E-state index contributed by atoms with van der Waals surface area (Å²) in [5, 5.41) is 8.74. The monoisotopic (exact) mass is 274 g/mol. The molecule has 1 fully saturated rings. The third kappa shape index (κ3) is 3.17. The van der Waals surface area contributed by atoms with Crippen LogP contribution in [0.2, 0.25) is 0 Å². The number of carbonyl (C=O) groups excluding carboxylic acids is 1. The van der Waals surface area contributed by atoms with Crippen molar-refractivity contribution in [3.05, 3.63) is 35.9 Å². The number of nitrogens with two attached hydrogens (primary N) is 1. The number of carbonyl (C=O) groups is 2. The molecule has 1 aromatic carbocycles. The van der Waals surface area contributed by atoms with E-state index in [1.54, 1.807) is 6.08 Å². The highest BCUT2D eigenvalue weighted by molar-refractivity contribution is 5.88. The van der Waals surface area contributed by atoms with Crippen LogP contribution in [0.15, 0.2) is 30.3 Å². The Morgan fingerprint density at radius 3 is 2.75 bits per heavy atom. The summed E-state index contributed by atoms with van der Waals surface area (Å²) in [5.74, 6) is -1.33. The van der Waals surface area contributed by atoms with Gasteiger partial charge in [0.05, 0.1) is 0 Å². The molecule has 0 aromatic heterocycles. The molecule has 1 aliphatic heterocycles. The van der Waals surface area contributed by atoms with Crippen molar-refractivity contribution < 1.29 is 14.7 Å². The molecule has 5 heteroatoms. The van der Waals surface area contributed by atoms with Gasteiger partial charge in [-0.05, 0) is 37.0 Å². The molecule has 0 saturated carbocycles. The summed E-state index contributed by atoms with van der Waals surface area (Å²) in [4.78, 5) is 24.2. The maximum atomic E-state index is 11.6. The zero-order valence-electron chi connectivity index (χ0n) is 11.2. The number of amides is 1. The van der Waals surface area contributed by atoms with Crippen molar-refractivity contribution in [2.24, 2.45) is 5.73 Å². The molecule has 20 heavy (non-hydrogen) atoms. The Balaban J connectivity index is 2.35. The second-order valence-corrected chi connectivity index (χ2v) is 4.84. The summed E-state index contributed by atoms with van der Waals surface area (Å²) in [6.45, 7) is 0.755. The summed E-state index contributed by atoms with van der Waals surface area (Å²) >= 11 is 0. The fraction of sp³-hybridized carbons (Fsp3) is 0.333. The van der Waals surface area contributed by atoms with E-state index >= 15 is 0 Å². The number of hydrogen-bond acceptors (Lipinski definition) is 3. The molecule has 106 valence electrons. The molecule has 1 heterocycles. The maximum Gasteiger partial charge on any atom is 0.328 e. The van der Waals surface area contributed by atoms with E-state index in [1.165, 1.54) is 0 Å². The minimum Gasteiger partial charge on any atom is -0.478 e. The second-order valence-electron chi connectivity index (χ2n) is 4.84. The summed E-state index contributed by atoms with van der Waals surface area (Å²) < 4.78 is 0. The molecule has 0 spiro atoms. The number of benzene rings is 1. The van der Waals surface area contributed by atoms with E-state index in [2.05, 4.69) is 0 Å². The van der Waals surface area contributed by atoms with Crippen molar-refractivity contribution in [3.8, 4) is 0 Å². The van der Waals surface area contributed by atoms with Gasteiger partial charge in [-0.2, -0.15) is 0 Å². The predicted octanol–water partition coefficient (Wildman–Crippen LogP) is 1.63. The van der Waals surface area contributed by atoms with Crippen LogP contribution in [-0.4, -0.2) is 29.6 Å². The van der Waals surface area contributed by atoms with Crippen LogP contribution < -0.4 is 10.6 Å².